The molecule has 28 heavy (non-hydrogen) atoms. The van der Waals surface area contributed by atoms with Crippen LogP contribution in [0, 0.1) is 11.7 Å². The van der Waals surface area contributed by atoms with E-state index in [-0.39, 0.29) is 41.7 Å². The Labute approximate surface area is 188 Å². The van der Waals surface area contributed by atoms with E-state index in [9.17, 15) is 9.18 Å². The molecule has 1 saturated heterocycles. The van der Waals surface area contributed by atoms with Crippen molar-refractivity contribution in [3.8, 4) is 0 Å². The normalized spacial score (nSPS) is 15.1. The number of carbonyl (C=O) groups excluding carboxylic acids is 1. The lowest BCUT2D eigenvalue weighted by Crippen LogP contribution is -2.46. The number of rotatable bonds is 8. The van der Waals surface area contributed by atoms with Crippen LogP contribution < -0.4 is 5.32 Å². The van der Waals surface area contributed by atoms with Gasteiger partial charge in [-0.05, 0) is 38.3 Å². The second-order valence-electron chi connectivity index (χ2n) is 6.39. The first kappa shape index (κ1) is 25.0. The fourth-order valence-electron chi connectivity index (χ4n) is 3.03. The van der Waals surface area contributed by atoms with Crippen LogP contribution in [0.25, 0.3) is 0 Å². The number of piperidine rings is 1. The Balaban J connectivity index is 0.00000392. The number of nitrogens with zero attached hydrogens (tertiary/aromatic N) is 2. The van der Waals surface area contributed by atoms with Gasteiger partial charge in [-0.3, -0.25) is 9.79 Å². The Morgan fingerprint density at radius 3 is 2.68 bits per heavy atom. The zero-order chi connectivity index (χ0) is 19.5. The maximum atomic E-state index is 13.6. The number of carbonyl (C=O) groups is 1. The molecule has 0 spiro atoms. The predicted molar refractivity (Wildman–Crippen MR) is 125 cm³/mol. The average molecular weight is 523 g/mol. The van der Waals surface area contributed by atoms with Crippen LogP contribution in [0.4, 0.5) is 4.39 Å². The standard InChI is InChI=1S/C20H30FN3O2S.HI/c1-3-22-20(24-12-9-16(10-13-24)19(25)26-4-2)23-11-14-27-15-17-7-5-6-8-18(17)21;/h5-8,16H,3-4,9-15H2,1-2H3,(H,22,23);1H. The van der Waals surface area contributed by atoms with Gasteiger partial charge in [0.25, 0.3) is 0 Å². The van der Waals surface area contributed by atoms with Crippen LogP contribution in [0.15, 0.2) is 29.3 Å². The largest absolute Gasteiger partial charge is 0.466 e. The molecule has 0 amide bonds. The summed E-state index contributed by atoms with van der Waals surface area (Å²) in [5.74, 6) is 2.16. The predicted octanol–water partition coefficient (Wildman–Crippen LogP) is 3.92. The molecule has 158 valence electrons. The first-order valence-corrected chi connectivity index (χ1v) is 10.8. The monoisotopic (exact) mass is 523 g/mol. The number of benzene rings is 1. The summed E-state index contributed by atoms with van der Waals surface area (Å²) in [6.07, 6.45) is 1.59. The molecule has 1 N–H and O–H groups in total. The quantitative estimate of drug-likeness (QED) is 0.184. The molecule has 0 aromatic heterocycles. The van der Waals surface area contributed by atoms with E-state index in [0.29, 0.717) is 18.9 Å². The van der Waals surface area contributed by atoms with Crippen molar-refractivity contribution in [2.75, 3.05) is 38.5 Å². The molecule has 2 rings (SSSR count). The molecule has 1 aromatic carbocycles. The summed E-state index contributed by atoms with van der Waals surface area (Å²) in [5, 5.41) is 3.33. The number of aliphatic imine (C=N–C) groups is 1. The highest BCUT2D eigenvalue weighted by Crippen LogP contribution is 2.19. The van der Waals surface area contributed by atoms with Crippen molar-refractivity contribution in [2.45, 2.75) is 32.4 Å². The number of hydrogen-bond donors (Lipinski definition) is 1. The first-order chi connectivity index (χ1) is 13.2. The molecular weight excluding hydrogens is 492 g/mol. The fourth-order valence-corrected chi connectivity index (χ4v) is 3.85. The molecule has 5 nitrogen and oxygen atoms in total. The highest BCUT2D eigenvalue weighted by atomic mass is 127. The summed E-state index contributed by atoms with van der Waals surface area (Å²) in [4.78, 5) is 18.8. The van der Waals surface area contributed by atoms with E-state index in [1.807, 2.05) is 26.0 Å². The Hall–Kier alpha value is -1.03. The molecule has 0 aliphatic carbocycles. The Bertz CT molecular complexity index is 625. The third-order valence-electron chi connectivity index (χ3n) is 4.46. The number of thioether (sulfide) groups is 1. The number of ether oxygens (including phenoxy) is 1. The van der Waals surface area contributed by atoms with E-state index in [2.05, 4.69) is 10.2 Å². The molecule has 1 aromatic rings. The van der Waals surface area contributed by atoms with Gasteiger partial charge >= 0.3 is 5.97 Å². The van der Waals surface area contributed by atoms with Crippen molar-refractivity contribution in [3.63, 3.8) is 0 Å². The average Bonchev–Trinajstić information content (AvgIpc) is 2.68. The van der Waals surface area contributed by atoms with Gasteiger partial charge < -0.3 is 15.0 Å². The maximum absolute atomic E-state index is 13.6. The fraction of sp³-hybridized carbons (Fsp3) is 0.600. The van der Waals surface area contributed by atoms with Crippen LogP contribution in [0.2, 0.25) is 0 Å². The SMILES string of the molecule is CCNC(=NCCSCc1ccccc1F)N1CCC(C(=O)OCC)CC1.I. The summed E-state index contributed by atoms with van der Waals surface area (Å²) in [6, 6.07) is 6.89. The van der Waals surface area contributed by atoms with Gasteiger partial charge in [-0.15, -0.1) is 24.0 Å². The molecule has 0 bridgehead atoms. The van der Waals surface area contributed by atoms with E-state index in [1.54, 1.807) is 17.8 Å². The van der Waals surface area contributed by atoms with Gasteiger partial charge in [0.15, 0.2) is 5.96 Å². The van der Waals surface area contributed by atoms with E-state index in [0.717, 1.165) is 49.8 Å². The Kier molecular flexibility index (Phi) is 12.5. The third kappa shape index (κ3) is 8.14. The number of nitrogens with one attached hydrogen (secondary N) is 1. The molecule has 1 heterocycles. The molecule has 0 unspecified atom stereocenters. The van der Waals surface area contributed by atoms with Crippen LogP contribution in [0.5, 0.6) is 0 Å². The highest BCUT2D eigenvalue weighted by molar-refractivity contribution is 14.0. The zero-order valence-corrected chi connectivity index (χ0v) is 19.8. The van der Waals surface area contributed by atoms with E-state index >= 15 is 0 Å². The van der Waals surface area contributed by atoms with Crippen molar-refractivity contribution in [1.29, 1.82) is 0 Å². The van der Waals surface area contributed by atoms with Gasteiger partial charge in [0.2, 0.25) is 0 Å². The topological polar surface area (TPSA) is 53.9 Å². The lowest BCUT2D eigenvalue weighted by molar-refractivity contribution is -0.149. The second kappa shape index (κ2) is 14.0. The van der Waals surface area contributed by atoms with Crippen LogP contribution in [0.1, 0.15) is 32.3 Å². The van der Waals surface area contributed by atoms with Crippen molar-refractivity contribution in [1.82, 2.24) is 10.2 Å². The minimum absolute atomic E-state index is 0. The molecule has 8 heteroatoms. The Morgan fingerprint density at radius 2 is 2.04 bits per heavy atom. The van der Waals surface area contributed by atoms with Crippen molar-refractivity contribution < 1.29 is 13.9 Å². The molecule has 0 radical (unpaired) electrons. The van der Waals surface area contributed by atoms with Gasteiger partial charge in [-0.25, -0.2) is 4.39 Å². The summed E-state index contributed by atoms with van der Waals surface area (Å²) in [5.41, 5.74) is 0.736. The maximum Gasteiger partial charge on any atom is 0.309 e. The van der Waals surface area contributed by atoms with Crippen LogP contribution in [0.3, 0.4) is 0 Å². The number of hydrogen-bond acceptors (Lipinski definition) is 4. The summed E-state index contributed by atoms with van der Waals surface area (Å²) in [6.45, 7) is 7.42. The third-order valence-corrected chi connectivity index (χ3v) is 5.45. The lowest BCUT2D eigenvalue weighted by Gasteiger charge is -2.33. The number of halogens is 2. The highest BCUT2D eigenvalue weighted by Gasteiger charge is 2.27. The molecule has 0 saturated carbocycles. The minimum atomic E-state index is -0.147. The van der Waals surface area contributed by atoms with Crippen molar-refractivity contribution in [3.05, 3.63) is 35.6 Å². The molecule has 0 atom stereocenters. The van der Waals surface area contributed by atoms with Crippen molar-refractivity contribution >= 4 is 47.7 Å². The van der Waals surface area contributed by atoms with Crippen LogP contribution >= 0.6 is 35.7 Å². The van der Waals surface area contributed by atoms with Crippen LogP contribution in [-0.2, 0) is 15.3 Å². The number of guanidine groups is 1. The van der Waals surface area contributed by atoms with Gasteiger partial charge in [0, 0.05) is 31.1 Å². The first-order valence-electron chi connectivity index (χ1n) is 9.66. The number of esters is 1. The smallest absolute Gasteiger partial charge is 0.309 e. The lowest BCUT2D eigenvalue weighted by atomic mass is 9.97. The molecular formula is C20H31FIN3O2S. The van der Waals surface area contributed by atoms with Gasteiger partial charge in [0.1, 0.15) is 5.82 Å². The zero-order valence-electron chi connectivity index (χ0n) is 16.7. The van der Waals surface area contributed by atoms with Gasteiger partial charge in [-0.2, -0.15) is 11.8 Å². The van der Waals surface area contributed by atoms with Crippen molar-refractivity contribution in [2.24, 2.45) is 10.9 Å². The number of likely N-dealkylation sites (tertiary alicyclic amines) is 1. The summed E-state index contributed by atoms with van der Waals surface area (Å²) in [7, 11) is 0. The van der Waals surface area contributed by atoms with E-state index < -0.39 is 0 Å². The van der Waals surface area contributed by atoms with Crippen LogP contribution in [-0.4, -0.2) is 55.4 Å². The Morgan fingerprint density at radius 1 is 1.32 bits per heavy atom. The van der Waals surface area contributed by atoms with Gasteiger partial charge in [0.05, 0.1) is 19.1 Å². The molecule has 1 fully saturated rings. The summed E-state index contributed by atoms with van der Waals surface area (Å²) >= 11 is 1.68. The molecule has 1 aliphatic heterocycles. The summed E-state index contributed by atoms with van der Waals surface area (Å²) < 4.78 is 18.7. The van der Waals surface area contributed by atoms with Gasteiger partial charge in [-0.1, -0.05) is 18.2 Å². The second-order valence-corrected chi connectivity index (χ2v) is 7.50. The minimum Gasteiger partial charge on any atom is -0.466 e. The van der Waals surface area contributed by atoms with E-state index in [4.69, 9.17) is 9.73 Å². The molecule has 1 aliphatic rings. The van der Waals surface area contributed by atoms with E-state index in [1.165, 1.54) is 6.07 Å².